The number of carboxylic acid groups (broad SMARTS) is 1. The van der Waals surface area contributed by atoms with Crippen molar-refractivity contribution in [3.05, 3.63) is 64.7 Å². The van der Waals surface area contributed by atoms with E-state index in [4.69, 9.17) is 26.2 Å². The van der Waals surface area contributed by atoms with E-state index in [1.807, 2.05) is 0 Å². The van der Waals surface area contributed by atoms with Crippen LogP contribution in [0, 0.1) is 5.92 Å². The highest BCUT2D eigenvalue weighted by molar-refractivity contribution is 6.30. The van der Waals surface area contributed by atoms with Gasteiger partial charge in [0.25, 0.3) is 11.8 Å². The summed E-state index contributed by atoms with van der Waals surface area (Å²) < 4.78 is 36.7. The number of anilines is 1. The molecule has 13 heteroatoms. The van der Waals surface area contributed by atoms with Crippen LogP contribution in [0.5, 0.6) is 0 Å². The molecule has 1 heterocycles. The van der Waals surface area contributed by atoms with Crippen molar-refractivity contribution in [1.29, 1.82) is 0 Å². The van der Waals surface area contributed by atoms with Crippen LogP contribution in [0.25, 0.3) is 0 Å². The fourth-order valence-corrected chi connectivity index (χ4v) is 3.57. The lowest BCUT2D eigenvalue weighted by Crippen LogP contribution is -2.43. The number of aliphatic carboxylic acids is 1. The molecule has 2 aromatic rings. The molecule has 0 aliphatic carbocycles. The number of carbonyl (C=O) groups excluding carboxylic acids is 3. The summed E-state index contributed by atoms with van der Waals surface area (Å²) >= 11 is 5.84. The smallest absolute Gasteiger partial charge is 0.475 e. The minimum Gasteiger partial charge on any atom is -0.475 e. The van der Waals surface area contributed by atoms with Gasteiger partial charge in [-0.3, -0.25) is 14.4 Å². The molecular formula is C25H27ClF3N3O6. The van der Waals surface area contributed by atoms with Gasteiger partial charge >= 0.3 is 12.1 Å². The number of nitrogens with zero attached hydrogens (tertiary/aromatic N) is 1. The minimum absolute atomic E-state index is 0.0185. The number of hydrogen-bond donors (Lipinski definition) is 3. The number of carboxylic acids is 1. The van der Waals surface area contributed by atoms with Crippen molar-refractivity contribution in [1.82, 2.24) is 10.2 Å². The molecule has 0 spiro atoms. The molecule has 1 fully saturated rings. The van der Waals surface area contributed by atoms with Gasteiger partial charge in [0, 0.05) is 54.5 Å². The summed E-state index contributed by atoms with van der Waals surface area (Å²) in [6.45, 7) is 2.06. The number of rotatable bonds is 7. The van der Waals surface area contributed by atoms with Gasteiger partial charge < -0.3 is 25.4 Å². The number of methoxy groups -OCH3 is 1. The number of piperidine rings is 1. The van der Waals surface area contributed by atoms with E-state index in [1.54, 1.807) is 60.5 Å². The van der Waals surface area contributed by atoms with Gasteiger partial charge in [0.1, 0.15) is 0 Å². The molecule has 2 aromatic carbocycles. The standard InChI is InChI=1S/C23H26ClN3O4.C2HF3O2/c1-31-15-12-25-21(28)17-10-13-27(14-11-17)23(30)18-4-8-20(9-5-18)26-22(29)16-2-6-19(24)7-3-16;3-2(4,5)1(6)7/h2-9,17H,10-15H2,1H3,(H,25,28)(H,26,29);(H,6,7). The molecule has 0 saturated carbocycles. The molecular weight excluding hydrogens is 531 g/mol. The summed E-state index contributed by atoms with van der Waals surface area (Å²) in [6.07, 6.45) is -3.81. The van der Waals surface area contributed by atoms with Crippen LogP contribution in [-0.4, -0.2) is 73.2 Å². The van der Waals surface area contributed by atoms with E-state index >= 15 is 0 Å². The predicted molar refractivity (Wildman–Crippen MR) is 133 cm³/mol. The van der Waals surface area contributed by atoms with E-state index in [-0.39, 0.29) is 23.6 Å². The number of carbonyl (C=O) groups is 4. The summed E-state index contributed by atoms with van der Waals surface area (Å²) in [5.74, 6) is -3.14. The fraction of sp³-hybridized carbons (Fsp3) is 0.360. The number of nitrogens with one attached hydrogen (secondary N) is 2. The van der Waals surface area contributed by atoms with Crippen molar-refractivity contribution in [3.63, 3.8) is 0 Å². The summed E-state index contributed by atoms with van der Waals surface area (Å²) in [4.78, 5) is 47.9. The van der Waals surface area contributed by atoms with Gasteiger partial charge in [0.15, 0.2) is 0 Å². The number of benzene rings is 2. The first-order valence-electron chi connectivity index (χ1n) is 11.5. The van der Waals surface area contributed by atoms with E-state index in [0.29, 0.717) is 60.9 Å². The number of halogens is 4. The predicted octanol–water partition coefficient (Wildman–Crippen LogP) is 3.84. The molecule has 38 heavy (non-hydrogen) atoms. The Balaban J connectivity index is 0.000000638. The summed E-state index contributed by atoms with van der Waals surface area (Å²) in [5, 5.41) is 13.3. The Morgan fingerprint density at radius 1 is 1.00 bits per heavy atom. The van der Waals surface area contributed by atoms with E-state index in [9.17, 15) is 27.6 Å². The highest BCUT2D eigenvalue weighted by Gasteiger charge is 2.38. The molecule has 0 bridgehead atoms. The second-order valence-corrected chi connectivity index (χ2v) is 8.63. The molecule has 3 rings (SSSR count). The Labute approximate surface area is 221 Å². The lowest BCUT2D eigenvalue weighted by molar-refractivity contribution is -0.192. The highest BCUT2D eigenvalue weighted by Crippen LogP contribution is 2.20. The monoisotopic (exact) mass is 557 g/mol. The van der Waals surface area contributed by atoms with Gasteiger partial charge in [0.2, 0.25) is 5.91 Å². The van der Waals surface area contributed by atoms with Gasteiger partial charge in [-0.15, -0.1) is 0 Å². The van der Waals surface area contributed by atoms with Crippen LogP contribution in [0.2, 0.25) is 5.02 Å². The van der Waals surface area contributed by atoms with Crippen molar-refractivity contribution in [2.24, 2.45) is 5.92 Å². The third-order valence-electron chi connectivity index (χ3n) is 5.50. The number of likely N-dealkylation sites (tertiary alicyclic amines) is 1. The molecule has 0 atom stereocenters. The zero-order valence-electron chi connectivity index (χ0n) is 20.4. The number of ether oxygens (including phenoxy) is 1. The average Bonchev–Trinajstić information content (AvgIpc) is 2.89. The molecule has 3 amide bonds. The second kappa shape index (κ2) is 14.3. The Kier molecular flexibility index (Phi) is 11.5. The van der Waals surface area contributed by atoms with Crippen molar-refractivity contribution in [2.75, 3.05) is 38.7 Å². The Hall–Kier alpha value is -3.64. The maximum atomic E-state index is 12.8. The van der Waals surface area contributed by atoms with Gasteiger partial charge in [-0.05, 0) is 61.4 Å². The first-order valence-corrected chi connectivity index (χ1v) is 11.8. The normalized spacial score (nSPS) is 13.7. The second-order valence-electron chi connectivity index (χ2n) is 8.19. The SMILES string of the molecule is COCCNC(=O)C1CCN(C(=O)c2ccc(NC(=O)c3ccc(Cl)cc3)cc2)CC1.O=C(O)C(F)(F)F. The van der Waals surface area contributed by atoms with Crippen LogP contribution in [-0.2, 0) is 14.3 Å². The Morgan fingerprint density at radius 3 is 2.03 bits per heavy atom. The van der Waals surface area contributed by atoms with Crippen LogP contribution in [0.4, 0.5) is 18.9 Å². The molecule has 1 aliphatic heterocycles. The lowest BCUT2D eigenvalue weighted by atomic mass is 9.95. The largest absolute Gasteiger partial charge is 0.490 e. The molecule has 0 unspecified atom stereocenters. The van der Waals surface area contributed by atoms with E-state index in [2.05, 4.69) is 10.6 Å². The molecule has 0 aromatic heterocycles. The van der Waals surface area contributed by atoms with Crippen LogP contribution in [0.3, 0.4) is 0 Å². The van der Waals surface area contributed by atoms with Crippen molar-refractivity contribution in [3.8, 4) is 0 Å². The van der Waals surface area contributed by atoms with Crippen LogP contribution in [0.15, 0.2) is 48.5 Å². The summed E-state index contributed by atoms with van der Waals surface area (Å²) in [6, 6.07) is 13.4. The molecule has 3 N–H and O–H groups in total. The van der Waals surface area contributed by atoms with Crippen LogP contribution < -0.4 is 10.6 Å². The first kappa shape index (κ1) is 30.6. The van der Waals surface area contributed by atoms with Gasteiger partial charge in [-0.25, -0.2) is 4.79 Å². The van der Waals surface area contributed by atoms with Crippen molar-refractivity contribution < 1.29 is 42.2 Å². The van der Waals surface area contributed by atoms with E-state index in [0.717, 1.165) is 0 Å². The van der Waals surface area contributed by atoms with E-state index in [1.165, 1.54) is 0 Å². The number of hydrogen-bond acceptors (Lipinski definition) is 5. The third kappa shape index (κ3) is 9.67. The van der Waals surface area contributed by atoms with Gasteiger partial charge in [-0.1, -0.05) is 11.6 Å². The zero-order chi connectivity index (χ0) is 28.3. The number of amides is 3. The summed E-state index contributed by atoms with van der Waals surface area (Å²) in [5.41, 5.74) is 1.65. The molecule has 9 nitrogen and oxygen atoms in total. The highest BCUT2D eigenvalue weighted by atomic mass is 35.5. The Bertz CT molecular complexity index is 1100. The van der Waals surface area contributed by atoms with E-state index < -0.39 is 12.1 Å². The topological polar surface area (TPSA) is 125 Å². The Morgan fingerprint density at radius 2 is 1.53 bits per heavy atom. The minimum atomic E-state index is -5.08. The van der Waals surface area contributed by atoms with Crippen LogP contribution >= 0.6 is 11.6 Å². The van der Waals surface area contributed by atoms with Gasteiger partial charge in [0.05, 0.1) is 6.61 Å². The van der Waals surface area contributed by atoms with Crippen molar-refractivity contribution in [2.45, 2.75) is 19.0 Å². The maximum Gasteiger partial charge on any atom is 0.490 e. The molecule has 0 radical (unpaired) electrons. The van der Waals surface area contributed by atoms with Gasteiger partial charge in [-0.2, -0.15) is 13.2 Å². The fourth-order valence-electron chi connectivity index (χ4n) is 3.45. The molecule has 1 saturated heterocycles. The third-order valence-corrected chi connectivity index (χ3v) is 5.75. The quantitative estimate of drug-likeness (QED) is 0.444. The molecule has 206 valence electrons. The zero-order valence-corrected chi connectivity index (χ0v) is 21.1. The maximum absolute atomic E-state index is 12.8. The average molecular weight is 558 g/mol. The number of alkyl halides is 3. The molecule has 1 aliphatic rings. The van der Waals surface area contributed by atoms with Crippen molar-refractivity contribution >= 4 is 41.0 Å². The van der Waals surface area contributed by atoms with Crippen LogP contribution in [0.1, 0.15) is 33.6 Å². The first-order chi connectivity index (χ1) is 17.9. The lowest BCUT2D eigenvalue weighted by Gasteiger charge is -2.31. The summed E-state index contributed by atoms with van der Waals surface area (Å²) in [7, 11) is 1.59.